The molecule has 1 heterocycles. The highest BCUT2D eigenvalue weighted by Gasteiger charge is 2.37. The maximum Gasteiger partial charge on any atom is 0.333 e. The van der Waals surface area contributed by atoms with E-state index in [2.05, 4.69) is 0 Å². The Morgan fingerprint density at radius 1 is 1.07 bits per heavy atom. The van der Waals surface area contributed by atoms with Gasteiger partial charge < -0.3 is 0 Å². The first-order valence-corrected chi connectivity index (χ1v) is 4.31. The van der Waals surface area contributed by atoms with Crippen molar-refractivity contribution in [3.8, 4) is 0 Å². The molecular formula is C9H12N2O3. The highest BCUT2D eigenvalue weighted by Crippen LogP contribution is 2.14. The first-order chi connectivity index (χ1) is 6.50. The van der Waals surface area contributed by atoms with Crippen LogP contribution in [0.2, 0.25) is 0 Å². The van der Waals surface area contributed by atoms with Crippen LogP contribution in [0, 0.1) is 0 Å². The Morgan fingerprint density at radius 2 is 1.50 bits per heavy atom. The van der Waals surface area contributed by atoms with Crippen molar-refractivity contribution in [3.05, 3.63) is 11.6 Å². The van der Waals surface area contributed by atoms with Gasteiger partial charge in [0.15, 0.2) is 0 Å². The molecule has 14 heavy (non-hydrogen) atoms. The van der Waals surface area contributed by atoms with E-state index in [-0.39, 0.29) is 5.57 Å². The molecule has 0 N–H and O–H groups in total. The van der Waals surface area contributed by atoms with E-state index in [1.165, 1.54) is 20.2 Å². The summed E-state index contributed by atoms with van der Waals surface area (Å²) in [5, 5.41) is 0. The first kappa shape index (κ1) is 10.4. The Hall–Kier alpha value is -1.65. The molecule has 1 aliphatic rings. The molecule has 0 unspecified atom stereocenters. The van der Waals surface area contributed by atoms with Crippen LogP contribution in [0.15, 0.2) is 11.6 Å². The summed E-state index contributed by atoms with van der Waals surface area (Å²) in [5.74, 6) is -1.06. The summed E-state index contributed by atoms with van der Waals surface area (Å²) in [6.07, 6.45) is 2.12. The lowest BCUT2D eigenvalue weighted by Crippen LogP contribution is -2.53. The summed E-state index contributed by atoms with van der Waals surface area (Å²) < 4.78 is 0. The van der Waals surface area contributed by atoms with Crippen LogP contribution in [0.25, 0.3) is 0 Å². The van der Waals surface area contributed by atoms with E-state index < -0.39 is 17.8 Å². The maximum atomic E-state index is 11.5. The second kappa shape index (κ2) is 3.61. The highest BCUT2D eigenvalue weighted by atomic mass is 16.2. The number of carbonyl (C=O) groups excluding carboxylic acids is 3. The summed E-state index contributed by atoms with van der Waals surface area (Å²) in [4.78, 5) is 36.1. The SMILES string of the molecule is CCC=C1C(=O)N(C)C(=O)N(C)C1=O. The van der Waals surface area contributed by atoms with Crippen LogP contribution in [0.5, 0.6) is 0 Å². The van der Waals surface area contributed by atoms with Crippen LogP contribution in [0.4, 0.5) is 4.79 Å². The Bertz CT molecular complexity index is 307. The molecule has 1 rings (SSSR count). The summed E-state index contributed by atoms with van der Waals surface area (Å²) in [6, 6.07) is -0.590. The molecule has 76 valence electrons. The van der Waals surface area contributed by atoms with Crippen molar-refractivity contribution in [1.29, 1.82) is 0 Å². The number of imide groups is 2. The van der Waals surface area contributed by atoms with Crippen molar-refractivity contribution in [1.82, 2.24) is 9.80 Å². The molecule has 0 radical (unpaired) electrons. The Balaban J connectivity index is 3.11. The minimum atomic E-state index is -0.590. The number of likely N-dealkylation sites (N-methyl/N-ethyl adjacent to an activating group) is 2. The van der Waals surface area contributed by atoms with Crippen LogP contribution in [0.1, 0.15) is 13.3 Å². The predicted molar refractivity (Wildman–Crippen MR) is 49.3 cm³/mol. The van der Waals surface area contributed by atoms with Gasteiger partial charge in [-0.3, -0.25) is 19.4 Å². The fraction of sp³-hybridized carbons (Fsp3) is 0.444. The van der Waals surface area contributed by atoms with E-state index in [1.54, 1.807) is 0 Å². The maximum absolute atomic E-state index is 11.5. The van der Waals surface area contributed by atoms with E-state index in [4.69, 9.17) is 0 Å². The van der Waals surface area contributed by atoms with Gasteiger partial charge >= 0.3 is 6.03 Å². The molecule has 0 bridgehead atoms. The van der Waals surface area contributed by atoms with Gasteiger partial charge in [0.25, 0.3) is 11.8 Å². The van der Waals surface area contributed by atoms with Gasteiger partial charge in [-0.1, -0.05) is 13.0 Å². The van der Waals surface area contributed by atoms with Crippen LogP contribution in [-0.2, 0) is 9.59 Å². The molecule has 0 spiro atoms. The largest absolute Gasteiger partial charge is 0.333 e. The number of urea groups is 1. The molecule has 5 nitrogen and oxygen atoms in total. The molecule has 1 saturated heterocycles. The quantitative estimate of drug-likeness (QED) is 0.450. The summed E-state index contributed by atoms with van der Waals surface area (Å²) in [6.45, 7) is 1.82. The number of hydrogen-bond donors (Lipinski definition) is 0. The van der Waals surface area contributed by atoms with Gasteiger partial charge in [0.05, 0.1) is 0 Å². The van der Waals surface area contributed by atoms with Gasteiger partial charge in [-0.15, -0.1) is 0 Å². The molecule has 1 fully saturated rings. The number of barbiturate groups is 1. The summed E-state index contributed by atoms with van der Waals surface area (Å²) in [5.41, 5.74) is 0.0668. The fourth-order valence-corrected chi connectivity index (χ4v) is 1.23. The molecule has 1 aliphatic heterocycles. The first-order valence-electron chi connectivity index (χ1n) is 4.31. The zero-order chi connectivity index (χ0) is 10.9. The summed E-state index contributed by atoms with van der Waals surface area (Å²) >= 11 is 0. The molecule has 0 aromatic carbocycles. The van der Waals surface area contributed by atoms with Crippen molar-refractivity contribution in [2.24, 2.45) is 0 Å². The van der Waals surface area contributed by atoms with Crippen molar-refractivity contribution in [3.63, 3.8) is 0 Å². The Kier molecular flexibility index (Phi) is 2.69. The lowest BCUT2D eigenvalue weighted by molar-refractivity contribution is -0.134. The van der Waals surface area contributed by atoms with E-state index in [1.807, 2.05) is 6.92 Å². The second-order valence-corrected chi connectivity index (χ2v) is 3.04. The molecule has 0 aromatic rings. The number of rotatable bonds is 1. The van der Waals surface area contributed by atoms with Crippen LogP contribution in [-0.4, -0.2) is 41.7 Å². The third-order valence-corrected chi connectivity index (χ3v) is 2.05. The van der Waals surface area contributed by atoms with Crippen LogP contribution < -0.4 is 0 Å². The van der Waals surface area contributed by atoms with Gasteiger partial charge in [0.1, 0.15) is 5.57 Å². The topological polar surface area (TPSA) is 57.7 Å². The average Bonchev–Trinajstić information content (AvgIpc) is 2.19. The molecule has 0 atom stereocenters. The summed E-state index contributed by atoms with van der Waals surface area (Å²) in [7, 11) is 2.72. The normalized spacial score (nSPS) is 17.9. The molecule has 0 aromatic heterocycles. The van der Waals surface area contributed by atoms with Crippen LogP contribution >= 0.6 is 0 Å². The average molecular weight is 196 g/mol. The molecule has 5 heteroatoms. The number of allylic oxidation sites excluding steroid dienone is 1. The van der Waals surface area contributed by atoms with Crippen molar-refractivity contribution < 1.29 is 14.4 Å². The molecular weight excluding hydrogens is 184 g/mol. The predicted octanol–water partition coefficient (Wildman–Crippen LogP) is 0.373. The molecule has 4 amide bonds. The lowest BCUT2D eigenvalue weighted by atomic mass is 10.1. The van der Waals surface area contributed by atoms with Gasteiger partial charge in [-0.25, -0.2) is 4.79 Å². The van der Waals surface area contributed by atoms with E-state index in [0.29, 0.717) is 6.42 Å². The standard InChI is InChI=1S/C9H12N2O3/c1-4-5-6-7(12)10(2)9(14)11(3)8(6)13/h5H,4H2,1-3H3. The number of carbonyl (C=O) groups is 3. The van der Waals surface area contributed by atoms with Gasteiger partial charge in [0.2, 0.25) is 0 Å². The van der Waals surface area contributed by atoms with Crippen molar-refractivity contribution in [2.45, 2.75) is 13.3 Å². The lowest BCUT2D eigenvalue weighted by Gasteiger charge is -2.28. The smallest absolute Gasteiger partial charge is 0.268 e. The third kappa shape index (κ3) is 1.41. The Morgan fingerprint density at radius 3 is 1.86 bits per heavy atom. The van der Waals surface area contributed by atoms with Crippen molar-refractivity contribution in [2.75, 3.05) is 14.1 Å². The van der Waals surface area contributed by atoms with Gasteiger partial charge in [0, 0.05) is 14.1 Å². The minimum Gasteiger partial charge on any atom is -0.268 e. The minimum absolute atomic E-state index is 0.0668. The number of nitrogens with zero attached hydrogens (tertiary/aromatic N) is 2. The fourth-order valence-electron chi connectivity index (χ4n) is 1.23. The second-order valence-electron chi connectivity index (χ2n) is 3.04. The zero-order valence-corrected chi connectivity index (χ0v) is 8.40. The molecule has 0 saturated carbocycles. The highest BCUT2D eigenvalue weighted by molar-refractivity contribution is 6.28. The van der Waals surface area contributed by atoms with E-state index in [0.717, 1.165) is 9.80 Å². The Labute approximate surface area is 82.0 Å². The van der Waals surface area contributed by atoms with Crippen molar-refractivity contribution >= 4 is 17.8 Å². The van der Waals surface area contributed by atoms with E-state index in [9.17, 15) is 14.4 Å². The zero-order valence-electron chi connectivity index (χ0n) is 8.40. The number of hydrogen-bond acceptors (Lipinski definition) is 3. The number of amides is 4. The third-order valence-electron chi connectivity index (χ3n) is 2.05. The molecule has 0 aliphatic carbocycles. The monoisotopic (exact) mass is 196 g/mol. The van der Waals surface area contributed by atoms with Gasteiger partial charge in [-0.05, 0) is 6.42 Å². The van der Waals surface area contributed by atoms with Gasteiger partial charge in [-0.2, -0.15) is 0 Å². The van der Waals surface area contributed by atoms with E-state index >= 15 is 0 Å². The van der Waals surface area contributed by atoms with Crippen LogP contribution in [0.3, 0.4) is 0 Å².